The molecule has 134 valence electrons. The minimum atomic E-state index is -0.359. The van der Waals surface area contributed by atoms with Crippen molar-refractivity contribution in [3.05, 3.63) is 89.0 Å². The number of carbonyl (C=O) groups excluding carboxylic acids is 1. The van der Waals surface area contributed by atoms with Gasteiger partial charge in [0.15, 0.2) is 0 Å². The van der Waals surface area contributed by atoms with E-state index in [-0.39, 0.29) is 12.6 Å². The Kier molecular flexibility index (Phi) is 4.85. The molecule has 1 aliphatic rings. The summed E-state index contributed by atoms with van der Waals surface area (Å²) in [6.07, 6.45) is 5.00. The Morgan fingerprint density at radius 3 is 2.67 bits per heavy atom. The highest BCUT2D eigenvalue weighted by Gasteiger charge is 2.28. The van der Waals surface area contributed by atoms with Gasteiger partial charge in [0.2, 0.25) is 0 Å². The number of cyclic esters (lactones) is 1. The van der Waals surface area contributed by atoms with Crippen molar-refractivity contribution in [1.29, 1.82) is 0 Å². The van der Waals surface area contributed by atoms with E-state index in [1.165, 1.54) is 0 Å². The lowest BCUT2D eigenvalue weighted by Gasteiger charge is -2.10. The van der Waals surface area contributed by atoms with E-state index in [0.717, 1.165) is 22.4 Å². The minimum absolute atomic E-state index is 0.185. The number of hydrogen-bond donors (Lipinski definition) is 0. The number of rotatable bonds is 5. The molecule has 27 heavy (non-hydrogen) atoms. The zero-order valence-corrected chi connectivity index (χ0v) is 15.0. The molecule has 0 aliphatic carbocycles. The molecule has 3 heterocycles. The van der Waals surface area contributed by atoms with Crippen molar-refractivity contribution >= 4 is 28.7 Å². The molecule has 0 bridgehead atoms. The first-order valence-corrected chi connectivity index (χ1v) is 8.73. The van der Waals surface area contributed by atoms with Crippen molar-refractivity contribution < 1.29 is 14.3 Å². The van der Waals surface area contributed by atoms with Crippen LogP contribution >= 0.6 is 11.6 Å². The average molecular weight is 379 g/mol. The lowest BCUT2D eigenvalue weighted by Crippen LogP contribution is -1.99. The van der Waals surface area contributed by atoms with Gasteiger partial charge in [-0.1, -0.05) is 17.7 Å². The van der Waals surface area contributed by atoms with Crippen molar-refractivity contribution in [2.75, 3.05) is 6.61 Å². The standard InChI is InChI=1S/C21H15ClN2O3/c22-19-11-16(26-12-15-3-1-2-8-24-15)4-5-17(19)18-13-27-21(25)20(18)14-6-9-23-10-7-14/h1-11H,12-13H2. The summed E-state index contributed by atoms with van der Waals surface area (Å²) in [5.41, 5.74) is 3.61. The molecule has 0 fully saturated rings. The summed E-state index contributed by atoms with van der Waals surface area (Å²) < 4.78 is 11.0. The number of pyridine rings is 2. The highest BCUT2D eigenvalue weighted by molar-refractivity contribution is 6.35. The monoisotopic (exact) mass is 378 g/mol. The van der Waals surface area contributed by atoms with Crippen LogP contribution in [-0.2, 0) is 16.1 Å². The molecule has 0 N–H and O–H groups in total. The van der Waals surface area contributed by atoms with Gasteiger partial charge in [-0.25, -0.2) is 4.79 Å². The Bertz CT molecular complexity index is 1000. The van der Waals surface area contributed by atoms with Crippen molar-refractivity contribution in [1.82, 2.24) is 9.97 Å². The molecule has 0 saturated carbocycles. The Morgan fingerprint density at radius 1 is 1.07 bits per heavy atom. The predicted octanol–water partition coefficient (Wildman–Crippen LogP) is 4.18. The van der Waals surface area contributed by atoms with Crippen molar-refractivity contribution in [3.63, 3.8) is 0 Å². The van der Waals surface area contributed by atoms with Gasteiger partial charge in [-0.2, -0.15) is 0 Å². The van der Waals surface area contributed by atoms with Gasteiger partial charge in [0.25, 0.3) is 0 Å². The van der Waals surface area contributed by atoms with E-state index < -0.39 is 0 Å². The maximum Gasteiger partial charge on any atom is 0.339 e. The molecular weight excluding hydrogens is 364 g/mol. The van der Waals surface area contributed by atoms with E-state index in [2.05, 4.69) is 9.97 Å². The smallest absolute Gasteiger partial charge is 0.339 e. The number of benzene rings is 1. The van der Waals surface area contributed by atoms with Crippen LogP contribution in [0.4, 0.5) is 0 Å². The average Bonchev–Trinajstić information content (AvgIpc) is 3.09. The molecule has 6 heteroatoms. The number of halogens is 1. The highest BCUT2D eigenvalue weighted by Crippen LogP contribution is 2.37. The van der Waals surface area contributed by atoms with Crippen LogP contribution in [0.3, 0.4) is 0 Å². The molecule has 0 unspecified atom stereocenters. The molecule has 1 aromatic carbocycles. The van der Waals surface area contributed by atoms with Gasteiger partial charge in [0, 0.05) is 29.7 Å². The van der Waals surface area contributed by atoms with Gasteiger partial charge in [-0.05, 0) is 48.0 Å². The third-order valence-electron chi connectivity index (χ3n) is 4.20. The fraction of sp³-hybridized carbons (Fsp3) is 0.0952. The zero-order chi connectivity index (χ0) is 18.6. The van der Waals surface area contributed by atoms with E-state index >= 15 is 0 Å². The minimum Gasteiger partial charge on any atom is -0.487 e. The van der Waals surface area contributed by atoms with Gasteiger partial charge in [-0.15, -0.1) is 0 Å². The summed E-state index contributed by atoms with van der Waals surface area (Å²) >= 11 is 6.48. The lowest BCUT2D eigenvalue weighted by atomic mass is 9.97. The van der Waals surface area contributed by atoms with Crippen LogP contribution in [0, 0.1) is 0 Å². The van der Waals surface area contributed by atoms with Crippen LogP contribution in [0.15, 0.2) is 67.1 Å². The van der Waals surface area contributed by atoms with E-state index in [9.17, 15) is 4.79 Å². The number of hydrogen-bond acceptors (Lipinski definition) is 5. The SMILES string of the molecule is O=C1OCC(c2ccc(OCc3ccccn3)cc2Cl)=C1c1ccncc1. The first kappa shape index (κ1) is 17.2. The van der Waals surface area contributed by atoms with Crippen LogP contribution < -0.4 is 4.74 Å². The topological polar surface area (TPSA) is 61.3 Å². The summed E-state index contributed by atoms with van der Waals surface area (Å²) in [5, 5.41) is 0.494. The Hall–Kier alpha value is -3.18. The summed E-state index contributed by atoms with van der Waals surface area (Å²) in [7, 11) is 0. The molecule has 0 amide bonds. The highest BCUT2D eigenvalue weighted by atomic mass is 35.5. The summed E-state index contributed by atoms with van der Waals surface area (Å²) in [6, 6.07) is 14.6. The van der Waals surface area contributed by atoms with Gasteiger partial charge in [0.05, 0.1) is 16.3 Å². The summed E-state index contributed by atoms with van der Waals surface area (Å²) in [4.78, 5) is 20.4. The van der Waals surface area contributed by atoms with Crippen LogP contribution in [-0.4, -0.2) is 22.5 Å². The Labute approximate surface area is 161 Å². The van der Waals surface area contributed by atoms with E-state index in [1.807, 2.05) is 30.3 Å². The lowest BCUT2D eigenvalue weighted by molar-refractivity contribution is -0.133. The maximum absolute atomic E-state index is 12.2. The third-order valence-corrected chi connectivity index (χ3v) is 4.51. The number of carbonyl (C=O) groups is 1. The zero-order valence-electron chi connectivity index (χ0n) is 14.3. The molecule has 1 aliphatic heterocycles. The summed E-state index contributed by atoms with van der Waals surface area (Å²) in [5.74, 6) is 0.272. The fourth-order valence-electron chi connectivity index (χ4n) is 2.90. The van der Waals surface area contributed by atoms with E-state index in [4.69, 9.17) is 21.1 Å². The molecule has 0 saturated heterocycles. The first-order chi connectivity index (χ1) is 13.2. The van der Waals surface area contributed by atoms with Crippen LogP contribution in [0.5, 0.6) is 5.75 Å². The number of ether oxygens (including phenoxy) is 2. The Balaban J connectivity index is 1.62. The van der Waals surface area contributed by atoms with Gasteiger partial charge < -0.3 is 9.47 Å². The van der Waals surface area contributed by atoms with E-state index in [1.54, 1.807) is 36.8 Å². The molecule has 0 radical (unpaired) electrons. The maximum atomic E-state index is 12.2. The van der Waals surface area contributed by atoms with Gasteiger partial charge >= 0.3 is 5.97 Å². The second-order valence-electron chi connectivity index (χ2n) is 5.92. The van der Waals surface area contributed by atoms with Crippen molar-refractivity contribution in [3.8, 4) is 5.75 Å². The second-order valence-corrected chi connectivity index (χ2v) is 6.32. The van der Waals surface area contributed by atoms with Gasteiger partial charge in [-0.3, -0.25) is 9.97 Å². The van der Waals surface area contributed by atoms with E-state index in [0.29, 0.717) is 23.0 Å². The summed E-state index contributed by atoms with van der Waals surface area (Å²) in [6.45, 7) is 0.535. The van der Waals surface area contributed by atoms with Crippen LogP contribution in [0.2, 0.25) is 5.02 Å². The van der Waals surface area contributed by atoms with Crippen molar-refractivity contribution in [2.24, 2.45) is 0 Å². The molecule has 0 atom stereocenters. The molecular formula is C21H15ClN2O3. The fourth-order valence-corrected chi connectivity index (χ4v) is 3.18. The molecule has 2 aromatic heterocycles. The molecule has 3 aromatic rings. The number of nitrogens with zero attached hydrogens (tertiary/aromatic N) is 2. The predicted molar refractivity (Wildman–Crippen MR) is 102 cm³/mol. The second kappa shape index (κ2) is 7.60. The van der Waals surface area contributed by atoms with Crippen molar-refractivity contribution in [2.45, 2.75) is 6.61 Å². The van der Waals surface area contributed by atoms with Gasteiger partial charge in [0.1, 0.15) is 19.0 Å². The Morgan fingerprint density at radius 2 is 1.93 bits per heavy atom. The first-order valence-electron chi connectivity index (χ1n) is 8.35. The third kappa shape index (κ3) is 3.68. The quantitative estimate of drug-likeness (QED) is 0.623. The number of esters is 1. The largest absolute Gasteiger partial charge is 0.487 e. The number of aromatic nitrogens is 2. The molecule has 4 rings (SSSR count). The normalized spacial score (nSPS) is 13.6. The molecule has 5 nitrogen and oxygen atoms in total. The van der Waals surface area contributed by atoms with Crippen LogP contribution in [0.1, 0.15) is 16.8 Å². The molecule has 0 spiro atoms. The van der Waals surface area contributed by atoms with Crippen LogP contribution in [0.25, 0.3) is 11.1 Å².